The van der Waals surface area contributed by atoms with Gasteiger partial charge in [-0.15, -0.1) is 11.3 Å². The fraction of sp³-hybridized carbons (Fsp3) is 0.312. The lowest BCUT2D eigenvalue weighted by Gasteiger charge is -2.28. The molecule has 0 saturated carbocycles. The van der Waals surface area contributed by atoms with Crippen LogP contribution in [-0.4, -0.2) is 21.8 Å². The molecule has 1 aliphatic carbocycles. The largest absolute Gasteiger partial charge is 0.475 e. The third-order valence-corrected chi connectivity index (χ3v) is 4.89. The summed E-state index contributed by atoms with van der Waals surface area (Å²) in [5, 5.41) is 9.04. The number of carbonyl (C=O) groups is 2. The average molecular weight is 301 g/mol. The maximum Gasteiger partial charge on any atom is 0.372 e. The Morgan fingerprint density at radius 2 is 2.19 bits per heavy atom. The first-order valence-corrected chi connectivity index (χ1v) is 7.70. The number of hydrogen-bond acceptors (Lipinski definition) is 4. The van der Waals surface area contributed by atoms with E-state index in [1.165, 1.54) is 0 Å². The highest BCUT2D eigenvalue weighted by Crippen LogP contribution is 2.38. The average Bonchev–Trinajstić information content (AvgIpc) is 2.93. The van der Waals surface area contributed by atoms with Crippen LogP contribution >= 0.6 is 11.3 Å². The molecule has 0 radical (unpaired) electrons. The molecule has 1 N–H and O–H groups in total. The highest BCUT2D eigenvalue weighted by Gasteiger charge is 2.35. The molecule has 2 aromatic rings. The minimum atomic E-state index is -1.34. The minimum absolute atomic E-state index is 0.0802. The number of aliphatic carboxylic acids is 1. The molecular formula is C16H15NO3S. The molecule has 4 nitrogen and oxygen atoms in total. The Kier molecular flexibility index (Phi) is 3.59. The van der Waals surface area contributed by atoms with Crippen LogP contribution in [0.1, 0.15) is 31.2 Å². The topological polar surface area (TPSA) is 67.3 Å². The fourth-order valence-electron chi connectivity index (χ4n) is 2.97. The lowest BCUT2D eigenvalue weighted by Crippen LogP contribution is -2.30. The van der Waals surface area contributed by atoms with Gasteiger partial charge in [0.2, 0.25) is 5.78 Å². The molecule has 0 bridgehead atoms. The zero-order valence-corrected chi connectivity index (χ0v) is 12.4. The van der Waals surface area contributed by atoms with Gasteiger partial charge in [0, 0.05) is 5.92 Å². The second-order valence-corrected chi connectivity index (χ2v) is 6.34. The molecular weight excluding hydrogens is 286 g/mol. The zero-order valence-electron chi connectivity index (χ0n) is 11.6. The SMILES string of the molecule is CC1=CCC(c2ccc3scnc3c2)C(C(=O)C(=O)O)C1. The van der Waals surface area contributed by atoms with Crippen molar-refractivity contribution in [3.8, 4) is 0 Å². The molecule has 1 aliphatic rings. The number of aromatic nitrogens is 1. The molecule has 0 aliphatic heterocycles. The van der Waals surface area contributed by atoms with E-state index in [2.05, 4.69) is 11.1 Å². The van der Waals surface area contributed by atoms with Gasteiger partial charge in [-0.05, 0) is 43.4 Å². The van der Waals surface area contributed by atoms with E-state index in [0.717, 1.165) is 21.4 Å². The lowest BCUT2D eigenvalue weighted by atomic mass is 9.74. The summed E-state index contributed by atoms with van der Waals surface area (Å²) in [5.41, 5.74) is 4.78. The van der Waals surface area contributed by atoms with Crippen molar-refractivity contribution in [3.63, 3.8) is 0 Å². The molecule has 1 aromatic heterocycles. The van der Waals surface area contributed by atoms with Gasteiger partial charge in [0.15, 0.2) is 0 Å². The quantitative estimate of drug-likeness (QED) is 0.697. The monoisotopic (exact) mass is 301 g/mol. The Labute approximate surface area is 126 Å². The third-order valence-electron chi connectivity index (χ3n) is 4.08. The summed E-state index contributed by atoms with van der Waals surface area (Å²) in [6.45, 7) is 1.95. The van der Waals surface area contributed by atoms with Crippen molar-refractivity contribution in [3.05, 3.63) is 40.9 Å². The maximum absolute atomic E-state index is 12.0. The number of thiazole rings is 1. The van der Waals surface area contributed by atoms with Crippen LogP contribution in [0.15, 0.2) is 35.4 Å². The molecule has 108 valence electrons. The number of carbonyl (C=O) groups excluding carboxylic acids is 1. The number of benzene rings is 1. The van der Waals surface area contributed by atoms with Crippen LogP contribution in [0.3, 0.4) is 0 Å². The number of carboxylic acids is 1. The van der Waals surface area contributed by atoms with E-state index in [1.807, 2.05) is 25.1 Å². The molecule has 5 heteroatoms. The number of allylic oxidation sites excluding steroid dienone is 2. The first-order chi connectivity index (χ1) is 10.1. The summed E-state index contributed by atoms with van der Waals surface area (Å²) in [6, 6.07) is 5.96. The molecule has 1 heterocycles. The van der Waals surface area contributed by atoms with E-state index in [4.69, 9.17) is 5.11 Å². The molecule has 0 spiro atoms. The number of hydrogen-bond donors (Lipinski definition) is 1. The van der Waals surface area contributed by atoms with Crippen molar-refractivity contribution >= 4 is 33.3 Å². The smallest absolute Gasteiger partial charge is 0.372 e. The standard InChI is InChI=1S/C16H15NO3S/c1-9-2-4-11(12(6-9)15(18)16(19)20)10-3-5-14-13(7-10)17-8-21-14/h2-3,5,7-8,11-12H,4,6H2,1H3,(H,19,20). The predicted molar refractivity (Wildman–Crippen MR) is 81.5 cm³/mol. The number of ketones is 1. The van der Waals surface area contributed by atoms with E-state index in [0.29, 0.717) is 12.8 Å². The summed E-state index contributed by atoms with van der Waals surface area (Å²) >= 11 is 1.57. The van der Waals surface area contributed by atoms with Crippen LogP contribution in [0.2, 0.25) is 0 Å². The van der Waals surface area contributed by atoms with E-state index in [1.54, 1.807) is 16.8 Å². The van der Waals surface area contributed by atoms with Gasteiger partial charge in [-0.25, -0.2) is 9.78 Å². The Hall–Kier alpha value is -2.01. The number of carboxylic acid groups (broad SMARTS) is 1. The summed E-state index contributed by atoms with van der Waals surface area (Å²) in [4.78, 5) is 27.4. The molecule has 0 saturated heterocycles. The molecule has 2 unspecified atom stereocenters. The second kappa shape index (κ2) is 5.41. The van der Waals surface area contributed by atoms with Crippen LogP contribution < -0.4 is 0 Å². The first kappa shape index (κ1) is 13.9. The zero-order chi connectivity index (χ0) is 15.0. The lowest BCUT2D eigenvalue weighted by molar-refractivity contribution is -0.151. The molecule has 21 heavy (non-hydrogen) atoms. The first-order valence-electron chi connectivity index (χ1n) is 6.82. The van der Waals surface area contributed by atoms with E-state index < -0.39 is 17.7 Å². The maximum atomic E-state index is 12.0. The number of rotatable bonds is 3. The Balaban J connectivity index is 2.00. The number of Topliss-reactive ketones (excluding diaryl/α,β-unsaturated/α-hetero) is 1. The Morgan fingerprint density at radius 1 is 1.38 bits per heavy atom. The van der Waals surface area contributed by atoms with Gasteiger partial charge in [0.25, 0.3) is 0 Å². The van der Waals surface area contributed by atoms with Crippen LogP contribution in [0.25, 0.3) is 10.2 Å². The van der Waals surface area contributed by atoms with E-state index in [-0.39, 0.29) is 5.92 Å². The van der Waals surface area contributed by atoms with Crippen LogP contribution in [0, 0.1) is 5.92 Å². The highest BCUT2D eigenvalue weighted by atomic mass is 32.1. The molecule has 2 atom stereocenters. The summed E-state index contributed by atoms with van der Waals surface area (Å²) < 4.78 is 1.10. The predicted octanol–water partition coefficient (Wildman–Crippen LogP) is 3.39. The van der Waals surface area contributed by atoms with Gasteiger partial charge in [-0.3, -0.25) is 4.79 Å². The molecule has 0 amide bonds. The third kappa shape index (κ3) is 2.61. The minimum Gasteiger partial charge on any atom is -0.475 e. The molecule has 1 aromatic carbocycles. The van der Waals surface area contributed by atoms with Crippen molar-refractivity contribution in [1.82, 2.24) is 4.98 Å². The van der Waals surface area contributed by atoms with Crippen molar-refractivity contribution in [1.29, 1.82) is 0 Å². The van der Waals surface area contributed by atoms with Gasteiger partial charge in [0.1, 0.15) is 0 Å². The molecule has 0 fully saturated rings. The van der Waals surface area contributed by atoms with Crippen LogP contribution in [0.4, 0.5) is 0 Å². The van der Waals surface area contributed by atoms with Crippen LogP contribution in [0.5, 0.6) is 0 Å². The second-order valence-electron chi connectivity index (χ2n) is 5.45. The van der Waals surface area contributed by atoms with Crippen molar-refractivity contribution in [2.24, 2.45) is 5.92 Å². The Morgan fingerprint density at radius 3 is 2.95 bits per heavy atom. The number of fused-ring (bicyclic) bond motifs is 1. The highest BCUT2D eigenvalue weighted by molar-refractivity contribution is 7.16. The van der Waals surface area contributed by atoms with Crippen molar-refractivity contribution in [2.75, 3.05) is 0 Å². The summed E-state index contributed by atoms with van der Waals surface area (Å²) in [6.07, 6.45) is 3.32. The summed E-state index contributed by atoms with van der Waals surface area (Å²) in [5.74, 6) is -2.59. The van der Waals surface area contributed by atoms with Crippen molar-refractivity contribution < 1.29 is 14.7 Å². The van der Waals surface area contributed by atoms with Gasteiger partial charge in [-0.1, -0.05) is 17.7 Å². The summed E-state index contributed by atoms with van der Waals surface area (Å²) in [7, 11) is 0. The Bertz CT molecular complexity index is 747. The van der Waals surface area contributed by atoms with Gasteiger partial charge in [-0.2, -0.15) is 0 Å². The van der Waals surface area contributed by atoms with Gasteiger partial charge >= 0.3 is 5.97 Å². The normalized spacial score (nSPS) is 22.0. The van der Waals surface area contributed by atoms with E-state index >= 15 is 0 Å². The van der Waals surface area contributed by atoms with Crippen LogP contribution in [-0.2, 0) is 9.59 Å². The fourth-order valence-corrected chi connectivity index (χ4v) is 3.63. The number of nitrogens with zero attached hydrogens (tertiary/aromatic N) is 1. The van der Waals surface area contributed by atoms with Gasteiger partial charge in [0.05, 0.1) is 15.7 Å². The van der Waals surface area contributed by atoms with Crippen molar-refractivity contribution in [2.45, 2.75) is 25.7 Å². The van der Waals surface area contributed by atoms with E-state index in [9.17, 15) is 9.59 Å². The van der Waals surface area contributed by atoms with Gasteiger partial charge < -0.3 is 5.11 Å². The molecule has 3 rings (SSSR count).